The van der Waals surface area contributed by atoms with Crippen molar-refractivity contribution in [3.05, 3.63) is 89.7 Å². The Hall–Kier alpha value is -4.35. The average Bonchev–Trinajstić information content (AvgIpc) is 3.51. The molecule has 10 nitrogen and oxygen atoms in total. The summed E-state index contributed by atoms with van der Waals surface area (Å²) < 4.78 is 35.9. The minimum Gasteiger partial charge on any atom is -0.344 e. The van der Waals surface area contributed by atoms with Gasteiger partial charge in [0.05, 0.1) is 10.3 Å². The number of benzene rings is 2. The van der Waals surface area contributed by atoms with Crippen LogP contribution in [0.3, 0.4) is 0 Å². The Bertz CT molecular complexity index is 1830. The quantitative estimate of drug-likeness (QED) is 0.104. The fraction of sp³-hybridized carbons (Fsp3) is 0.389. The van der Waals surface area contributed by atoms with Crippen LogP contribution in [0.15, 0.2) is 83.4 Å². The van der Waals surface area contributed by atoms with Crippen LogP contribution >= 0.6 is 0 Å². The number of carbonyl (C=O) groups excluding carboxylic acids is 3. The zero-order valence-electron chi connectivity index (χ0n) is 27.5. The van der Waals surface area contributed by atoms with Crippen molar-refractivity contribution in [2.75, 3.05) is 18.5 Å². The van der Waals surface area contributed by atoms with Crippen LogP contribution in [0.2, 0.25) is 0 Å². The number of imide groups is 1. The summed E-state index contributed by atoms with van der Waals surface area (Å²) in [6.07, 6.45) is 12.2. The van der Waals surface area contributed by atoms with Gasteiger partial charge in [-0.05, 0) is 56.5 Å². The van der Waals surface area contributed by atoms with Gasteiger partial charge in [-0.3, -0.25) is 14.1 Å². The van der Waals surface area contributed by atoms with Gasteiger partial charge in [0, 0.05) is 60.3 Å². The van der Waals surface area contributed by atoms with Crippen molar-refractivity contribution >= 4 is 45.0 Å². The highest BCUT2D eigenvalue weighted by Gasteiger charge is 2.43. The molecule has 0 aliphatic carbocycles. The topological polar surface area (TPSA) is 124 Å². The Morgan fingerprint density at radius 2 is 1.64 bits per heavy atom. The van der Waals surface area contributed by atoms with E-state index in [1.165, 1.54) is 29.1 Å². The molecular weight excluding hydrogens is 618 g/mol. The standard InChI is InChI=1S/C36H41N3O7S/c1-35(2)26-14-11-12-15-28(26)37(5)30(35)16-8-6-9-17-31-36(3,4)27-24-25(47(43,44)45)19-20-29(27)38(31)23-13-7-10-18-34(42)46-39-32(40)21-22-33(39)41/h6,8-9,11-12,14-17,19-20,24H,7,10,13,18,21-23H2,1-5H3/p+1. The van der Waals surface area contributed by atoms with Gasteiger partial charge in [0.1, 0.15) is 7.05 Å². The van der Waals surface area contributed by atoms with E-state index in [4.69, 9.17) is 4.84 Å². The molecule has 0 bridgehead atoms. The average molecular weight is 661 g/mol. The van der Waals surface area contributed by atoms with Crippen molar-refractivity contribution in [2.24, 2.45) is 0 Å². The summed E-state index contributed by atoms with van der Waals surface area (Å²) >= 11 is 0. The SMILES string of the molecule is C[N+]1=C(/C=C/C=C/C=C2/N(CCCCCC(=O)ON3C(=O)CCC3=O)c3ccc(S(=O)(=O)O)cc3C2(C)C)C(C)(C)c2ccccc21. The summed E-state index contributed by atoms with van der Waals surface area (Å²) in [5.41, 5.74) is 5.58. The zero-order valence-corrected chi connectivity index (χ0v) is 28.3. The first-order valence-electron chi connectivity index (χ1n) is 15.9. The largest absolute Gasteiger partial charge is 0.344 e. The number of carbonyl (C=O) groups is 3. The summed E-state index contributed by atoms with van der Waals surface area (Å²) in [5.74, 6) is -1.62. The molecule has 47 heavy (non-hydrogen) atoms. The highest BCUT2D eigenvalue weighted by Crippen LogP contribution is 2.48. The third-order valence-corrected chi connectivity index (χ3v) is 10.1. The molecule has 2 amide bonds. The number of para-hydroxylation sites is 1. The van der Waals surface area contributed by atoms with E-state index in [9.17, 15) is 27.4 Å². The van der Waals surface area contributed by atoms with Crippen LogP contribution in [-0.4, -0.2) is 59.7 Å². The van der Waals surface area contributed by atoms with E-state index >= 15 is 0 Å². The second kappa shape index (κ2) is 13.0. The Labute approximate surface area is 276 Å². The molecule has 0 radical (unpaired) electrons. The zero-order chi connectivity index (χ0) is 34.1. The van der Waals surface area contributed by atoms with Gasteiger partial charge in [-0.2, -0.15) is 13.0 Å². The minimum absolute atomic E-state index is 0.0522. The predicted octanol–water partition coefficient (Wildman–Crippen LogP) is 5.90. The Balaban J connectivity index is 1.30. The molecule has 3 aliphatic rings. The van der Waals surface area contributed by atoms with Gasteiger partial charge >= 0.3 is 5.97 Å². The van der Waals surface area contributed by atoms with Gasteiger partial charge in [0.15, 0.2) is 5.71 Å². The number of nitrogens with zero attached hydrogens (tertiary/aromatic N) is 3. The molecule has 0 spiro atoms. The second-order valence-electron chi connectivity index (χ2n) is 13.2. The number of rotatable bonds is 11. The number of fused-ring (bicyclic) bond motifs is 2. The second-order valence-corrected chi connectivity index (χ2v) is 14.6. The maximum atomic E-state index is 12.2. The van der Waals surface area contributed by atoms with Crippen molar-refractivity contribution in [3.63, 3.8) is 0 Å². The van der Waals surface area contributed by atoms with Crippen LogP contribution in [0, 0.1) is 0 Å². The lowest BCUT2D eigenvalue weighted by Gasteiger charge is -2.27. The van der Waals surface area contributed by atoms with E-state index in [1.807, 2.05) is 44.2 Å². The summed E-state index contributed by atoms with van der Waals surface area (Å²) in [7, 11) is -2.30. The number of allylic oxidation sites excluding steroid dienone is 6. The van der Waals surface area contributed by atoms with Crippen LogP contribution in [0.5, 0.6) is 0 Å². The first-order chi connectivity index (χ1) is 22.1. The molecule has 0 atom stereocenters. The van der Waals surface area contributed by atoms with Gasteiger partial charge in [0.2, 0.25) is 5.69 Å². The van der Waals surface area contributed by atoms with Gasteiger partial charge in [-0.15, -0.1) is 5.06 Å². The van der Waals surface area contributed by atoms with Crippen LogP contribution in [0.4, 0.5) is 11.4 Å². The third kappa shape index (κ3) is 6.73. The maximum Gasteiger partial charge on any atom is 0.333 e. The molecule has 1 fully saturated rings. The highest BCUT2D eigenvalue weighted by atomic mass is 32.2. The van der Waals surface area contributed by atoms with E-state index in [1.54, 1.807) is 6.07 Å². The van der Waals surface area contributed by atoms with Gasteiger partial charge in [0.25, 0.3) is 21.9 Å². The first kappa shape index (κ1) is 34.0. The molecule has 1 saturated heterocycles. The Morgan fingerprint density at radius 1 is 0.936 bits per heavy atom. The molecule has 0 saturated carbocycles. The third-order valence-electron chi connectivity index (χ3n) is 9.29. The molecule has 0 aromatic heterocycles. The predicted molar refractivity (Wildman–Crippen MR) is 179 cm³/mol. The van der Waals surface area contributed by atoms with Crippen molar-refractivity contribution in [3.8, 4) is 0 Å². The van der Waals surface area contributed by atoms with Gasteiger partial charge in [-0.1, -0.05) is 56.7 Å². The van der Waals surface area contributed by atoms with E-state index < -0.39 is 33.3 Å². The molecular formula is C36H42N3O7S+. The van der Waals surface area contributed by atoms with E-state index in [0.29, 0.717) is 30.9 Å². The summed E-state index contributed by atoms with van der Waals surface area (Å²) in [5, 5.41) is 0.566. The molecule has 1 N–H and O–H groups in total. The van der Waals surface area contributed by atoms with Crippen molar-refractivity contribution in [1.82, 2.24) is 5.06 Å². The fourth-order valence-electron chi connectivity index (χ4n) is 6.74. The molecule has 11 heteroatoms. The highest BCUT2D eigenvalue weighted by molar-refractivity contribution is 7.85. The van der Waals surface area contributed by atoms with Crippen molar-refractivity contribution in [2.45, 2.75) is 81.9 Å². The molecule has 2 aromatic carbocycles. The van der Waals surface area contributed by atoms with Crippen LogP contribution in [0.25, 0.3) is 0 Å². The summed E-state index contributed by atoms with van der Waals surface area (Å²) in [4.78, 5) is 42.6. The first-order valence-corrected chi connectivity index (χ1v) is 17.3. The summed E-state index contributed by atoms with van der Waals surface area (Å²) in [6, 6.07) is 13.1. The maximum absolute atomic E-state index is 12.2. The molecule has 2 aromatic rings. The minimum atomic E-state index is -4.38. The van der Waals surface area contributed by atoms with Crippen LogP contribution < -0.4 is 4.90 Å². The number of unbranched alkanes of at least 4 members (excludes halogenated alkanes) is 2. The van der Waals surface area contributed by atoms with Gasteiger partial charge < -0.3 is 9.74 Å². The molecule has 248 valence electrons. The van der Waals surface area contributed by atoms with E-state index in [-0.39, 0.29) is 29.6 Å². The van der Waals surface area contributed by atoms with Crippen LogP contribution in [0.1, 0.15) is 77.3 Å². The lowest BCUT2D eigenvalue weighted by atomic mass is 9.81. The Kier molecular flexibility index (Phi) is 9.43. The van der Waals surface area contributed by atoms with E-state index in [0.717, 1.165) is 16.9 Å². The number of hydroxylamine groups is 2. The Morgan fingerprint density at radius 3 is 2.32 bits per heavy atom. The number of hydrogen-bond donors (Lipinski definition) is 1. The number of hydrogen-bond acceptors (Lipinski definition) is 7. The lowest BCUT2D eigenvalue weighted by Crippen LogP contribution is -2.32. The lowest BCUT2D eigenvalue weighted by molar-refractivity contribution is -0.401. The van der Waals surface area contributed by atoms with E-state index in [2.05, 4.69) is 54.6 Å². The molecule has 3 heterocycles. The number of amides is 2. The van der Waals surface area contributed by atoms with Gasteiger partial charge in [-0.25, -0.2) is 4.79 Å². The summed E-state index contributed by atoms with van der Waals surface area (Å²) in [6.45, 7) is 9.08. The number of anilines is 1. The smallest absolute Gasteiger partial charge is 0.333 e. The normalized spacial score (nSPS) is 19.5. The molecule has 0 unspecified atom stereocenters. The van der Waals surface area contributed by atoms with Crippen LogP contribution in [-0.2, 0) is 40.2 Å². The van der Waals surface area contributed by atoms with Crippen molar-refractivity contribution in [1.29, 1.82) is 0 Å². The molecule has 3 aliphatic heterocycles. The molecule has 5 rings (SSSR count). The van der Waals surface area contributed by atoms with Crippen molar-refractivity contribution < 1.29 is 36.8 Å². The fourth-order valence-corrected chi connectivity index (χ4v) is 7.24. The monoisotopic (exact) mass is 660 g/mol.